The van der Waals surface area contributed by atoms with Crippen molar-refractivity contribution in [3.05, 3.63) is 82.0 Å². The van der Waals surface area contributed by atoms with Gasteiger partial charge >= 0.3 is 0 Å². The molecule has 0 atom stereocenters. The second kappa shape index (κ2) is 6.87. The highest BCUT2D eigenvalue weighted by Crippen LogP contribution is 2.45. The lowest BCUT2D eigenvalue weighted by atomic mass is 9.98. The largest absolute Gasteiger partial charge is 0.271 e. The summed E-state index contributed by atoms with van der Waals surface area (Å²) in [5, 5.41) is 27.9. The van der Waals surface area contributed by atoms with Crippen LogP contribution in [-0.2, 0) is 0 Å². The summed E-state index contributed by atoms with van der Waals surface area (Å²) in [5.41, 5.74) is 0.914. The fraction of sp³-hybridized carbons (Fsp3) is 0. The number of nitrogens with zero attached hydrogens (tertiary/aromatic N) is 7. The third-order valence-electron chi connectivity index (χ3n) is 4.47. The number of aromatic nitrogens is 3. The second-order valence-corrected chi connectivity index (χ2v) is 6.02. The van der Waals surface area contributed by atoms with Gasteiger partial charge in [0.15, 0.2) is 11.4 Å². The molecule has 138 valence electrons. The normalized spacial score (nSPS) is 12.6. The monoisotopic (exact) mass is 393 g/mol. The first-order chi connectivity index (χ1) is 14.5. The lowest BCUT2D eigenvalue weighted by molar-refractivity contribution is 0.515. The van der Waals surface area contributed by atoms with E-state index in [9.17, 15) is 24.6 Å². The fourth-order valence-electron chi connectivity index (χ4n) is 3.21. The zero-order chi connectivity index (χ0) is 21.4. The molecule has 0 spiro atoms. The van der Waals surface area contributed by atoms with Gasteiger partial charge in [0.05, 0.1) is 24.0 Å². The van der Waals surface area contributed by atoms with Crippen molar-refractivity contribution in [3.63, 3.8) is 0 Å². The highest BCUT2D eigenvalue weighted by Gasteiger charge is 2.31. The Hall–Kier alpha value is -4.99. The van der Waals surface area contributed by atoms with Crippen molar-refractivity contribution in [3.8, 4) is 40.6 Å². The quantitative estimate of drug-likeness (QED) is 0.276. The minimum atomic E-state index is -1.02. The van der Waals surface area contributed by atoms with Gasteiger partial charge in [0.1, 0.15) is 12.1 Å². The van der Waals surface area contributed by atoms with Crippen molar-refractivity contribution in [2.45, 2.75) is 0 Å². The lowest BCUT2D eigenvalue weighted by Crippen LogP contribution is -2.00. The molecule has 0 unspecified atom stereocenters. The summed E-state index contributed by atoms with van der Waals surface area (Å²) in [6, 6.07) is 12.2. The molecule has 0 radical (unpaired) electrons. The van der Waals surface area contributed by atoms with Gasteiger partial charge in [-0.25, -0.2) is 20.1 Å². The Balaban J connectivity index is 2.06. The third kappa shape index (κ3) is 2.64. The molecule has 9 heteroatoms. The van der Waals surface area contributed by atoms with E-state index in [1.165, 1.54) is 12.1 Å². The lowest BCUT2D eigenvalue weighted by Gasteiger charge is -2.07. The Morgan fingerprint density at radius 2 is 1.53 bits per heavy atom. The van der Waals surface area contributed by atoms with Crippen LogP contribution in [0.4, 0.5) is 8.78 Å². The average Bonchev–Trinajstić information content (AvgIpc) is 3.06. The van der Waals surface area contributed by atoms with Gasteiger partial charge in [-0.15, -0.1) is 0 Å². The molecule has 0 aliphatic heterocycles. The molecule has 3 aromatic rings. The number of fused-ring (bicyclic) bond motifs is 3. The van der Waals surface area contributed by atoms with Crippen LogP contribution in [0.25, 0.3) is 32.8 Å². The smallest absolute Gasteiger partial charge is 0.233 e. The molecule has 7 nitrogen and oxygen atoms in total. The Morgan fingerprint density at radius 1 is 0.867 bits per heavy atom. The molecule has 0 amide bonds. The molecule has 1 aromatic carbocycles. The molecule has 2 heterocycles. The number of allylic oxidation sites excluding steroid dienone is 1. The number of rotatable bonds is 1. The number of halogens is 2. The summed E-state index contributed by atoms with van der Waals surface area (Å²) in [4.78, 5) is 14.7. The number of pyridine rings is 1. The minimum Gasteiger partial charge on any atom is -0.233 e. The maximum absolute atomic E-state index is 14.2. The summed E-state index contributed by atoms with van der Waals surface area (Å²) >= 11 is 0. The summed E-state index contributed by atoms with van der Waals surface area (Å²) < 4.78 is 27.3. The van der Waals surface area contributed by atoms with Gasteiger partial charge in [-0.1, -0.05) is 12.1 Å². The van der Waals surface area contributed by atoms with Crippen LogP contribution in [0.5, 0.6) is 0 Å². The maximum atomic E-state index is 14.2. The fourth-order valence-corrected chi connectivity index (χ4v) is 3.21. The highest BCUT2D eigenvalue weighted by atomic mass is 19.1. The Labute approximate surface area is 168 Å². The van der Waals surface area contributed by atoms with Gasteiger partial charge in [0.25, 0.3) is 5.70 Å². The minimum absolute atomic E-state index is 0.0205. The summed E-state index contributed by atoms with van der Waals surface area (Å²) in [6.45, 7) is 7.33. The van der Waals surface area contributed by atoms with Gasteiger partial charge in [-0.2, -0.15) is 24.3 Å². The second-order valence-electron chi connectivity index (χ2n) is 6.02. The zero-order valence-electron chi connectivity index (χ0n) is 14.8. The van der Waals surface area contributed by atoms with E-state index in [1.807, 2.05) is 0 Å². The standard InChI is InChI=1S/C21H5F2N7/c1-27-16(9-26)18-13-6-10(11-4-5-17(22)30-21(11)23)2-3-12(13)19-20(18)29-15(8-25)14(7-24)28-19/h2-6H/b18-16+. The Kier molecular flexibility index (Phi) is 4.21. The predicted octanol–water partition coefficient (Wildman–Crippen LogP) is 3.74. The molecule has 2 aromatic heterocycles. The van der Waals surface area contributed by atoms with E-state index in [0.29, 0.717) is 16.7 Å². The van der Waals surface area contributed by atoms with Crippen molar-refractivity contribution < 1.29 is 8.78 Å². The van der Waals surface area contributed by atoms with E-state index in [0.717, 1.165) is 6.07 Å². The summed E-state index contributed by atoms with van der Waals surface area (Å²) in [6.07, 6.45) is 0. The Bertz CT molecular complexity index is 1440. The molecule has 30 heavy (non-hydrogen) atoms. The first kappa shape index (κ1) is 18.4. The van der Waals surface area contributed by atoms with Crippen LogP contribution in [0.2, 0.25) is 0 Å². The number of nitriles is 3. The van der Waals surface area contributed by atoms with Gasteiger partial charge in [-0.3, -0.25) is 0 Å². The van der Waals surface area contributed by atoms with Crippen LogP contribution >= 0.6 is 0 Å². The zero-order valence-corrected chi connectivity index (χ0v) is 14.8. The van der Waals surface area contributed by atoms with Crippen molar-refractivity contribution in [2.75, 3.05) is 0 Å². The third-order valence-corrected chi connectivity index (χ3v) is 4.47. The first-order valence-corrected chi connectivity index (χ1v) is 8.24. The molecule has 0 saturated carbocycles. The molecule has 0 N–H and O–H groups in total. The van der Waals surface area contributed by atoms with E-state index >= 15 is 0 Å². The van der Waals surface area contributed by atoms with Crippen LogP contribution < -0.4 is 0 Å². The van der Waals surface area contributed by atoms with Gasteiger partial charge in [-0.05, 0) is 29.3 Å². The molecule has 1 aliphatic carbocycles. The molecular weight excluding hydrogens is 388 g/mol. The van der Waals surface area contributed by atoms with Gasteiger partial charge < -0.3 is 0 Å². The van der Waals surface area contributed by atoms with E-state index in [4.69, 9.17) is 6.57 Å². The van der Waals surface area contributed by atoms with Gasteiger partial charge in [0.2, 0.25) is 11.9 Å². The van der Waals surface area contributed by atoms with Crippen LogP contribution in [0.3, 0.4) is 0 Å². The predicted molar refractivity (Wildman–Crippen MR) is 98.3 cm³/mol. The SMILES string of the molecule is [C-]#[N+]/C(C#N)=C1\c2cc(-c3ccc(F)nc3F)ccc2-c2nc(C#N)c(C#N)nc21. The Morgan fingerprint density at radius 3 is 2.13 bits per heavy atom. The van der Waals surface area contributed by atoms with Crippen LogP contribution in [0.15, 0.2) is 36.0 Å². The molecule has 0 bridgehead atoms. The van der Waals surface area contributed by atoms with Crippen molar-refractivity contribution in [1.29, 1.82) is 15.8 Å². The average molecular weight is 393 g/mol. The van der Waals surface area contributed by atoms with Crippen molar-refractivity contribution in [1.82, 2.24) is 15.0 Å². The summed E-state index contributed by atoms with van der Waals surface area (Å²) in [5.74, 6) is -1.98. The molecular formula is C21H5F2N7. The van der Waals surface area contributed by atoms with E-state index in [-0.39, 0.29) is 39.6 Å². The molecule has 0 fully saturated rings. The molecule has 0 saturated heterocycles. The van der Waals surface area contributed by atoms with E-state index < -0.39 is 11.9 Å². The molecule has 4 rings (SSSR count). The number of benzene rings is 1. The van der Waals surface area contributed by atoms with Crippen molar-refractivity contribution >= 4 is 5.57 Å². The van der Waals surface area contributed by atoms with E-state index in [1.54, 1.807) is 30.3 Å². The van der Waals surface area contributed by atoms with Crippen LogP contribution in [0.1, 0.15) is 22.6 Å². The number of hydrogen-bond acceptors (Lipinski definition) is 6. The number of hydrogen-bond donors (Lipinski definition) is 0. The summed E-state index contributed by atoms with van der Waals surface area (Å²) in [7, 11) is 0. The topological polar surface area (TPSA) is 114 Å². The van der Waals surface area contributed by atoms with Gasteiger partial charge in [0, 0.05) is 16.7 Å². The first-order valence-electron chi connectivity index (χ1n) is 8.24. The maximum Gasteiger partial charge on any atom is 0.271 e. The highest BCUT2D eigenvalue weighted by molar-refractivity contribution is 6.02. The molecule has 1 aliphatic rings. The van der Waals surface area contributed by atoms with E-state index in [2.05, 4.69) is 19.8 Å². The van der Waals surface area contributed by atoms with Crippen LogP contribution in [-0.4, -0.2) is 15.0 Å². The van der Waals surface area contributed by atoms with Crippen molar-refractivity contribution in [2.24, 2.45) is 0 Å². The van der Waals surface area contributed by atoms with Crippen LogP contribution in [0, 0.1) is 52.5 Å².